The number of sulfonamides is 1. The summed E-state index contributed by atoms with van der Waals surface area (Å²) in [5, 5.41) is 0.146. The van der Waals surface area contributed by atoms with Crippen LogP contribution in [0, 0.1) is 0 Å². The van der Waals surface area contributed by atoms with E-state index in [1.165, 1.54) is 6.20 Å². The average molecular weight is 319 g/mol. The van der Waals surface area contributed by atoms with E-state index in [0.717, 1.165) is 5.76 Å². The van der Waals surface area contributed by atoms with Gasteiger partial charge in [0.25, 0.3) is 10.0 Å². The number of pyridine rings is 1. The lowest BCUT2D eigenvalue weighted by Crippen LogP contribution is -2.33. The lowest BCUT2D eigenvalue weighted by atomic mass is 10.2. The van der Waals surface area contributed by atoms with E-state index in [2.05, 4.69) is 9.71 Å². The molecule has 0 aliphatic rings. The molecule has 0 saturated heterocycles. The van der Waals surface area contributed by atoms with Crippen LogP contribution in [-0.2, 0) is 16.4 Å². The normalized spacial score (nSPS) is 13.5. The molecule has 0 aliphatic carbocycles. The van der Waals surface area contributed by atoms with Crippen LogP contribution in [0.25, 0.3) is 5.65 Å². The van der Waals surface area contributed by atoms with E-state index in [-0.39, 0.29) is 11.1 Å². The van der Waals surface area contributed by atoms with Crippen molar-refractivity contribution < 1.29 is 12.8 Å². The van der Waals surface area contributed by atoms with Crippen LogP contribution in [0.5, 0.6) is 0 Å². The van der Waals surface area contributed by atoms with Gasteiger partial charge < -0.3 is 4.42 Å². The van der Waals surface area contributed by atoms with Crippen LogP contribution < -0.4 is 4.72 Å². The summed E-state index contributed by atoms with van der Waals surface area (Å²) >= 11 is 0. The highest BCUT2D eigenvalue weighted by Gasteiger charge is 2.21. The monoisotopic (exact) mass is 319 g/mol. The largest absolute Gasteiger partial charge is 0.469 e. The molecule has 1 N–H and O–H groups in total. The number of nitrogens with one attached hydrogen (secondary N) is 1. The van der Waals surface area contributed by atoms with Crippen molar-refractivity contribution in [1.82, 2.24) is 14.1 Å². The standard InChI is InChI=1S/C15H17N3O3S/c1-12(7-8-13-5-4-10-21-13)17-22(19,20)15-11-16-14-6-2-3-9-18(14)15/h2-6,9-12,17H,7-8H2,1H3. The predicted molar refractivity (Wildman–Crippen MR) is 82.0 cm³/mol. The van der Waals surface area contributed by atoms with Gasteiger partial charge in [-0.05, 0) is 37.6 Å². The number of nitrogens with zero attached hydrogens (tertiary/aromatic N) is 2. The van der Waals surface area contributed by atoms with Gasteiger partial charge in [-0.3, -0.25) is 4.40 Å². The molecule has 3 rings (SSSR count). The Hall–Kier alpha value is -2.12. The number of hydrogen-bond acceptors (Lipinski definition) is 4. The predicted octanol–water partition coefficient (Wildman–Crippen LogP) is 2.23. The van der Waals surface area contributed by atoms with E-state index < -0.39 is 10.0 Å². The summed E-state index contributed by atoms with van der Waals surface area (Å²) in [4.78, 5) is 4.11. The van der Waals surface area contributed by atoms with Crippen molar-refractivity contribution in [2.45, 2.75) is 30.8 Å². The van der Waals surface area contributed by atoms with E-state index in [4.69, 9.17) is 4.42 Å². The fourth-order valence-corrected chi connectivity index (χ4v) is 3.68. The Balaban J connectivity index is 1.73. The first-order chi connectivity index (χ1) is 10.6. The van der Waals surface area contributed by atoms with Gasteiger partial charge in [-0.25, -0.2) is 18.1 Å². The number of aryl methyl sites for hydroxylation is 1. The summed E-state index contributed by atoms with van der Waals surface area (Å²) in [5.74, 6) is 0.848. The number of imidazole rings is 1. The summed E-state index contributed by atoms with van der Waals surface area (Å²) in [6.07, 6.45) is 6.01. The van der Waals surface area contributed by atoms with Crippen molar-refractivity contribution in [2.24, 2.45) is 0 Å². The molecule has 0 spiro atoms. The molecule has 3 aromatic heterocycles. The van der Waals surface area contributed by atoms with Crippen molar-refractivity contribution in [3.8, 4) is 0 Å². The van der Waals surface area contributed by atoms with E-state index in [0.29, 0.717) is 18.5 Å². The molecule has 0 fully saturated rings. The van der Waals surface area contributed by atoms with Gasteiger partial charge in [0, 0.05) is 18.7 Å². The first-order valence-electron chi connectivity index (χ1n) is 7.03. The summed E-state index contributed by atoms with van der Waals surface area (Å²) in [5.41, 5.74) is 0.603. The third kappa shape index (κ3) is 3.05. The second-order valence-corrected chi connectivity index (χ2v) is 6.83. The minimum absolute atomic E-state index is 0.146. The van der Waals surface area contributed by atoms with Crippen molar-refractivity contribution in [3.63, 3.8) is 0 Å². The Morgan fingerprint density at radius 2 is 2.18 bits per heavy atom. The van der Waals surface area contributed by atoms with Gasteiger partial charge in [-0.2, -0.15) is 0 Å². The maximum atomic E-state index is 12.5. The zero-order chi connectivity index (χ0) is 15.6. The van der Waals surface area contributed by atoms with Gasteiger partial charge in [-0.1, -0.05) is 6.07 Å². The fraction of sp³-hybridized carbons (Fsp3) is 0.267. The molecule has 22 heavy (non-hydrogen) atoms. The summed E-state index contributed by atoms with van der Waals surface area (Å²) < 4.78 is 34.5. The highest BCUT2D eigenvalue weighted by molar-refractivity contribution is 7.89. The van der Waals surface area contributed by atoms with Crippen molar-refractivity contribution >= 4 is 15.7 Å². The molecule has 7 heteroatoms. The molecular weight excluding hydrogens is 302 g/mol. The van der Waals surface area contributed by atoms with Gasteiger partial charge in [0.15, 0.2) is 5.03 Å². The smallest absolute Gasteiger partial charge is 0.258 e. The second-order valence-electron chi connectivity index (χ2n) is 5.17. The summed E-state index contributed by atoms with van der Waals surface area (Å²) in [6.45, 7) is 1.84. The van der Waals surface area contributed by atoms with E-state index in [1.807, 2.05) is 25.1 Å². The number of fused-ring (bicyclic) bond motifs is 1. The van der Waals surface area contributed by atoms with Gasteiger partial charge in [0.1, 0.15) is 11.4 Å². The van der Waals surface area contributed by atoms with Crippen LogP contribution in [-0.4, -0.2) is 23.8 Å². The Kier molecular flexibility index (Phi) is 4.00. The Labute approximate surface area is 128 Å². The highest BCUT2D eigenvalue weighted by atomic mass is 32.2. The minimum Gasteiger partial charge on any atom is -0.469 e. The molecule has 0 radical (unpaired) electrons. The second kappa shape index (κ2) is 5.94. The van der Waals surface area contributed by atoms with Crippen molar-refractivity contribution in [3.05, 3.63) is 54.7 Å². The molecule has 3 aromatic rings. The van der Waals surface area contributed by atoms with Gasteiger partial charge >= 0.3 is 0 Å². The third-order valence-electron chi connectivity index (χ3n) is 3.42. The SMILES string of the molecule is CC(CCc1ccco1)NS(=O)(=O)c1cnc2ccccn12. The summed E-state index contributed by atoms with van der Waals surface area (Å²) in [7, 11) is -3.61. The van der Waals surface area contributed by atoms with E-state index in [9.17, 15) is 8.42 Å². The first-order valence-corrected chi connectivity index (χ1v) is 8.51. The number of aromatic nitrogens is 2. The van der Waals surface area contributed by atoms with Crippen LogP contribution in [0.2, 0.25) is 0 Å². The molecule has 0 amide bonds. The molecule has 116 valence electrons. The van der Waals surface area contributed by atoms with Crippen molar-refractivity contribution in [2.75, 3.05) is 0 Å². The van der Waals surface area contributed by atoms with Crippen LogP contribution in [0.15, 0.2) is 58.4 Å². The fourth-order valence-electron chi connectivity index (χ4n) is 2.31. The minimum atomic E-state index is -3.61. The maximum absolute atomic E-state index is 12.5. The molecule has 0 aliphatic heterocycles. The van der Waals surface area contributed by atoms with Gasteiger partial charge in [0.05, 0.1) is 12.5 Å². The highest BCUT2D eigenvalue weighted by Crippen LogP contribution is 2.13. The van der Waals surface area contributed by atoms with E-state index >= 15 is 0 Å². The van der Waals surface area contributed by atoms with Crippen LogP contribution >= 0.6 is 0 Å². The Morgan fingerprint density at radius 1 is 1.32 bits per heavy atom. The molecule has 1 atom stereocenters. The van der Waals surface area contributed by atoms with E-state index in [1.54, 1.807) is 29.0 Å². The number of hydrogen-bond donors (Lipinski definition) is 1. The number of furan rings is 1. The molecule has 0 saturated carbocycles. The van der Waals surface area contributed by atoms with Crippen LogP contribution in [0.4, 0.5) is 0 Å². The van der Waals surface area contributed by atoms with Gasteiger partial charge in [-0.15, -0.1) is 0 Å². The Bertz CT molecular complexity index is 853. The first kappa shape index (κ1) is 14.8. The molecule has 0 aromatic carbocycles. The molecule has 0 bridgehead atoms. The van der Waals surface area contributed by atoms with Crippen LogP contribution in [0.3, 0.4) is 0 Å². The topological polar surface area (TPSA) is 76.6 Å². The lowest BCUT2D eigenvalue weighted by Gasteiger charge is -2.13. The van der Waals surface area contributed by atoms with Gasteiger partial charge in [0.2, 0.25) is 0 Å². The zero-order valence-corrected chi connectivity index (χ0v) is 13.0. The molecule has 6 nitrogen and oxygen atoms in total. The molecule has 3 heterocycles. The van der Waals surface area contributed by atoms with Crippen LogP contribution in [0.1, 0.15) is 19.1 Å². The molecule has 1 unspecified atom stereocenters. The third-order valence-corrected chi connectivity index (χ3v) is 4.98. The molecular formula is C15H17N3O3S. The average Bonchev–Trinajstić information content (AvgIpc) is 3.14. The number of rotatable bonds is 6. The maximum Gasteiger partial charge on any atom is 0.258 e. The quantitative estimate of drug-likeness (QED) is 0.756. The van der Waals surface area contributed by atoms with Crippen molar-refractivity contribution in [1.29, 1.82) is 0 Å². The summed E-state index contributed by atoms with van der Waals surface area (Å²) in [6, 6.07) is 8.85. The lowest BCUT2D eigenvalue weighted by molar-refractivity contribution is 0.479. The Morgan fingerprint density at radius 3 is 2.95 bits per heavy atom. The zero-order valence-electron chi connectivity index (χ0n) is 12.1.